The number of amides is 1. The van der Waals surface area contributed by atoms with E-state index in [0.29, 0.717) is 11.3 Å². The van der Waals surface area contributed by atoms with Crippen LogP contribution in [0.2, 0.25) is 0 Å². The molecule has 0 atom stereocenters. The van der Waals surface area contributed by atoms with Crippen molar-refractivity contribution in [3.8, 4) is 0 Å². The van der Waals surface area contributed by atoms with E-state index in [2.05, 4.69) is 20.5 Å². The summed E-state index contributed by atoms with van der Waals surface area (Å²) in [7, 11) is 0. The molecule has 112 valence electrons. The maximum Gasteiger partial charge on any atom is 0.271 e. The summed E-state index contributed by atoms with van der Waals surface area (Å²) in [5.41, 5.74) is 5.47. The van der Waals surface area contributed by atoms with Gasteiger partial charge in [-0.2, -0.15) is 5.10 Å². The highest BCUT2D eigenvalue weighted by Crippen LogP contribution is 2.09. The average molecular weight is 302 g/mol. The van der Waals surface area contributed by atoms with E-state index in [1.54, 1.807) is 36.9 Å². The highest BCUT2D eigenvalue weighted by molar-refractivity contribution is 6.13. The Morgan fingerprint density at radius 3 is 2.22 bits per heavy atom. The van der Waals surface area contributed by atoms with E-state index in [1.165, 1.54) is 0 Å². The molecule has 3 rings (SSSR count). The molecular formula is C18H14N4O. The van der Waals surface area contributed by atoms with Gasteiger partial charge in [0, 0.05) is 41.5 Å². The third kappa shape index (κ3) is 3.65. The Morgan fingerprint density at radius 2 is 1.52 bits per heavy atom. The van der Waals surface area contributed by atoms with E-state index in [0.717, 1.165) is 11.1 Å². The molecule has 0 spiro atoms. The Hall–Kier alpha value is -3.34. The number of carbonyl (C=O) groups excluding carboxylic acids is 1. The first-order valence-electron chi connectivity index (χ1n) is 7.08. The number of nitrogens with zero attached hydrogens (tertiary/aromatic N) is 3. The van der Waals surface area contributed by atoms with E-state index in [9.17, 15) is 4.79 Å². The fraction of sp³-hybridized carbons (Fsp3) is 0. The molecule has 23 heavy (non-hydrogen) atoms. The van der Waals surface area contributed by atoms with Crippen LogP contribution in [0.1, 0.15) is 21.5 Å². The summed E-state index contributed by atoms with van der Waals surface area (Å²) in [6, 6.07) is 16.6. The molecule has 1 aromatic carbocycles. The van der Waals surface area contributed by atoms with Crippen LogP contribution in [0.25, 0.3) is 0 Å². The Labute approximate surface area is 133 Å². The van der Waals surface area contributed by atoms with Crippen molar-refractivity contribution < 1.29 is 4.79 Å². The second-order valence-electron chi connectivity index (χ2n) is 4.74. The summed E-state index contributed by atoms with van der Waals surface area (Å²) in [5.74, 6) is -0.287. The van der Waals surface area contributed by atoms with Crippen molar-refractivity contribution >= 4 is 11.6 Å². The number of hydrogen-bond donors (Lipinski definition) is 1. The second-order valence-corrected chi connectivity index (χ2v) is 4.74. The minimum Gasteiger partial charge on any atom is -0.267 e. The van der Waals surface area contributed by atoms with E-state index >= 15 is 0 Å². The highest BCUT2D eigenvalue weighted by atomic mass is 16.2. The third-order valence-corrected chi connectivity index (χ3v) is 3.19. The third-order valence-electron chi connectivity index (χ3n) is 3.19. The molecular weight excluding hydrogens is 288 g/mol. The molecule has 0 saturated carbocycles. The monoisotopic (exact) mass is 302 g/mol. The summed E-state index contributed by atoms with van der Waals surface area (Å²) in [6.45, 7) is 0. The minimum atomic E-state index is -0.287. The zero-order chi connectivity index (χ0) is 15.9. The fourth-order valence-electron chi connectivity index (χ4n) is 2.07. The highest BCUT2D eigenvalue weighted by Gasteiger charge is 2.09. The summed E-state index contributed by atoms with van der Waals surface area (Å²) in [4.78, 5) is 20.2. The van der Waals surface area contributed by atoms with E-state index in [4.69, 9.17) is 0 Å². The van der Waals surface area contributed by atoms with Crippen molar-refractivity contribution in [2.45, 2.75) is 0 Å². The molecule has 0 aliphatic carbocycles. The molecule has 0 fully saturated rings. The standard InChI is InChI=1S/C18H14N4O/c23-18(15-8-11-19-12-9-15)22-21-17(14-5-2-1-3-6-14)16-7-4-10-20-13-16/h1-13H,(H,22,23)/b21-17+. The predicted molar refractivity (Wildman–Crippen MR) is 88.0 cm³/mol. The first-order valence-corrected chi connectivity index (χ1v) is 7.08. The SMILES string of the molecule is O=C(N/N=C(\c1ccccc1)c1cccnc1)c1ccncc1. The van der Waals surface area contributed by atoms with Gasteiger partial charge in [0.1, 0.15) is 0 Å². The number of rotatable bonds is 4. The quantitative estimate of drug-likeness (QED) is 0.595. The smallest absolute Gasteiger partial charge is 0.267 e. The molecule has 5 nitrogen and oxygen atoms in total. The molecule has 5 heteroatoms. The van der Waals surface area contributed by atoms with Gasteiger partial charge in [-0.3, -0.25) is 14.8 Å². The normalized spacial score (nSPS) is 11.0. The van der Waals surface area contributed by atoms with Crippen LogP contribution >= 0.6 is 0 Å². The first kappa shape index (κ1) is 14.6. The van der Waals surface area contributed by atoms with Crippen molar-refractivity contribution in [3.05, 3.63) is 96.1 Å². The van der Waals surface area contributed by atoms with Gasteiger partial charge in [-0.05, 0) is 24.3 Å². The predicted octanol–water partition coefficient (Wildman–Crippen LogP) is 2.66. The number of hydrazone groups is 1. The van der Waals surface area contributed by atoms with E-state index in [-0.39, 0.29) is 5.91 Å². The lowest BCUT2D eigenvalue weighted by molar-refractivity contribution is 0.0955. The molecule has 0 saturated heterocycles. The Balaban J connectivity index is 1.91. The molecule has 2 aromatic heterocycles. The van der Waals surface area contributed by atoms with Crippen LogP contribution in [0.15, 0.2) is 84.5 Å². The van der Waals surface area contributed by atoms with Crippen LogP contribution in [0.5, 0.6) is 0 Å². The van der Waals surface area contributed by atoms with Crippen LogP contribution in [-0.2, 0) is 0 Å². The number of nitrogens with one attached hydrogen (secondary N) is 1. The van der Waals surface area contributed by atoms with Crippen LogP contribution in [0, 0.1) is 0 Å². The molecule has 2 heterocycles. The maximum atomic E-state index is 12.2. The Bertz CT molecular complexity index is 761. The largest absolute Gasteiger partial charge is 0.271 e. The number of pyridine rings is 2. The van der Waals surface area contributed by atoms with Gasteiger partial charge in [-0.1, -0.05) is 30.3 Å². The van der Waals surface area contributed by atoms with Gasteiger partial charge in [0.15, 0.2) is 0 Å². The summed E-state index contributed by atoms with van der Waals surface area (Å²) < 4.78 is 0. The van der Waals surface area contributed by atoms with Gasteiger partial charge in [-0.25, -0.2) is 5.43 Å². The average Bonchev–Trinajstić information content (AvgIpc) is 2.64. The summed E-state index contributed by atoms with van der Waals surface area (Å²) >= 11 is 0. The molecule has 0 unspecified atom stereocenters. The van der Waals surface area contributed by atoms with Crippen molar-refractivity contribution in [1.82, 2.24) is 15.4 Å². The van der Waals surface area contributed by atoms with Crippen LogP contribution in [0.4, 0.5) is 0 Å². The van der Waals surface area contributed by atoms with Crippen LogP contribution < -0.4 is 5.43 Å². The zero-order valence-corrected chi connectivity index (χ0v) is 12.3. The van der Waals surface area contributed by atoms with Crippen molar-refractivity contribution in [2.24, 2.45) is 5.10 Å². The summed E-state index contributed by atoms with van der Waals surface area (Å²) in [6.07, 6.45) is 6.54. The van der Waals surface area contributed by atoms with Gasteiger partial charge in [0.05, 0.1) is 5.71 Å². The van der Waals surface area contributed by atoms with Crippen molar-refractivity contribution in [1.29, 1.82) is 0 Å². The van der Waals surface area contributed by atoms with Gasteiger partial charge >= 0.3 is 0 Å². The molecule has 1 amide bonds. The van der Waals surface area contributed by atoms with E-state index < -0.39 is 0 Å². The molecule has 0 bridgehead atoms. The van der Waals surface area contributed by atoms with Crippen molar-refractivity contribution in [2.75, 3.05) is 0 Å². The second kappa shape index (κ2) is 7.09. The molecule has 3 aromatic rings. The topological polar surface area (TPSA) is 67.2 Å². The van der Waals surface area contributed by atoms with Crippen molar-refractivity contribution in [3.63, 3.8) is 0 Å². The molecule has 0 aliphatic rings. The molecule has 0 aliphatic heterocycles. The van der Waals surface area contributed by atoms with Gasteiger partial charge in [-0.15, -0.1) is 0 Å². The minimum absolute atomic E-state index is 0.287. The van der Waals surface area contributed by atoms with Gasteiger partial charge < -0.3 is 0 Å². The van der Waals surface area contributed by atoms with Gasteiger partial charge in [0.25, 0.3) is 5.91 Å². The Kier molecular flexibility index (Phi) is 4.49. The number of carbonyl (C=O) groups is 1. The van der Waals surface area contributed by atoms with Crippen LogP contribution in [0.3, 0.4) is 0 Å². The number of aromatic nitrogens is 2. The summed E-state index contributed by atoms with van der Waals surface area (Å²) in [5, 5.41) is 4.30. The lowest BCUT2D eigenvalue weighted by atomic mass is 10.0. The molecule has 0 radical (unpaired) electrons. The van der Waals surface area contributed by atoms with E-state index in [1.807, 2.05) is 42.5 Å². The lowest BCUT2D eigenvalue weighted by Gasteiger charge is -2.07. The fourth-order valence-corrected chi connectivity index (χ4v) is 2.07. The number of hydrogen-bond acceptors (Lipinski definition) is 4. The van der Waals surface area contributed by atoms with Crippen LogP contribution in [-0.4, -0.2) is 21.6 Å². The zero-order valence-electron chi connectivity index (χ0n) is 12.3. The molecule has 1 N–H and O–H groups in total. The lowest BCUT2D eigenvalue weighted by Crippen LogP contribution is -2.20. The Morgan fingerprint density at radius 1 is 0.783 bits per heavy atom. The van der Waals surface area contributed by atoms with Gasteiger partial charge in [0.2, 0.25) is 0 Å². The first-order chi connectivity index (χ1) is 11.3. The maximum absolute atomic E-state index is 12.2. The number of benzene rings is 1.